The van der Waals surface area contributed by atoms with E-state index in [0.717, 1.165) is 5.56 Å². The van der Waals surface area contributed by atoms with Crippen LogP contribution in [0.25, 0.3) is 0 Å². The van der Waals surface area contributed by atoms with Crippen molar-refractivity contribution in [3.8, 4) is 5.75 Å². The second-order valence-electron chi connectivity index (χ2n) is 6.82. The Kier molecular flexibility index (Phi) is 5.79. The van der Waals surface area contributed by atoms with Crippen LogP contribution in [-0.4, -0.2) is 22.6 Å². The molecule has 8 heteroatoms. The predicted octanol–water partition coefficient (Wildman–Crippen LogP) is 4.47. The minimum atomic E-state index is -0.707. The maximum atomic E-state index is 12.3. The van der Waals surface area contributed by atoms with Crippen LogP contribution < -0.4 is 10.1 Å². The molecule has 0 spiro atoms. The van der Waals surface area contributed by atoms with E-state index in [-0.39, 0.29) is 22.7 Å². The van der Waals surface area contributed by atoms with Gasteiger partial charge in [0.05, 0.1) is 16.2 Å². The minimum Gasteiger partial charge on any atom is -0.444 e. The summed E-state index contributed by atoms with van der Waals surface area (Å²) in [7, 11) is 0. The molecule has 2 aromatic rings. The number of carbonyl (C=O) groups is 2. The molecule has 0 bridgehead atoms. The van der Waals surface area contributed by atoms with E-state index >= 15 is 0 Å². The maximum Gasteiger partial charge on any atom is 0.412 e. The number of carbonyl (C=O) groups excluding carboxylic acids is 2. The van der Waals surface area contributed by atoms with Gasteiger partial charge in [0.2, 0.25) is 0 Å². The Morgan fingerprint density at radius 2 is 1.70 bits per heavy atom. The van der Waals surface area contributed by atoms with Crippen molar-refractivity contribution in [1.82, 2.24) is 0 Å². The monoisotopic (exact) mass is 372 g/mol. The van der Waals surface area contributed by atoms with E-state index in [4.69, 9.17) is 9.47 Å². The number of anilines is 1. The second-order valence-corrected chi connectivity index (χ2v) is 6.82. The zero-order valence-corrected chi connectivity index (χ0v) is 15.4. The molecular weight excluding hydrogens is 352 g/mol. The van der Waals surface area contributed by atoms with Crippen LogP contribution in [0.3, 0.4) is 0 Å². The quantitative estimate of drug-likeness (QED) is 0.367. The number of amides is 1. The first-order chi connectivity index (χ1) is 12.5. The van der Waals surface area contributed by atoms with Crippen LogP contribution in [0.1, 0.15) is 36.7 Å². The summed E-state index contributed by atoms with van der Waals surface area (Å²) in [6, 6.07) is 9.94. The average molecular weight is 372 g/mol. The normalized spacial score (nSPS) is 10.8. The number of nitro groups is 1. The van der Waals surface area contributed by atoms with Crippen molar-refractivity contribution >= 4 is 23.4 Å². The average Bonchev–Trinajstić information content (AvgIpc) is 2.55. The van der Waals surface area contributed by atoms with Crippen molar-refractivity contribution in [3.63, 3.8) is 0 Å². The highest BCUT2D eigenvalue weighted by Gasteiger charge is 2.19. The van der Waals surface area contributed by atoms with Crippen LogP contribution in [0, 0.1) is 17.0 Å². The first kappa shape index (κ1) is 19.9. The number of nitro benzene ring substituents is 1. The molecule has 0 heterocycles. The number of benzene rings is 2. The number of hydrogen-bond donors (Lipinski definition) is 1. The number of aryl methyl sites for hydroxylation is 1. The van der Waals surface area contributed by atoms with Gasteiger partial charge in [-0.3, -0.25) is 15.4 Å². The molecule has 0 radical (unpaired) electrons. The highest BCUT2D eigenvalue weighted by Crippen LogP contribution is 2.27. The molecule has 0 aromatic heterocycles. The molecule has 0 saturated heterocycles. The first-order valence-corrected chi connectivity index (χ1v) is 8.12. The van der Waals surface area contributed by atoms with E-state index < -0.39 is 22.6 Å². The zero-order chi connectivity index (χ0) is 20.2. The van der Waals surface area contributed by atoms with Gasteiger partial charge in [0.15, 0.2) is 5.75 Å². The summed E-state index contributed by atoms with van der Waals surface area (Å²) < 4.78 is 10.5. The van der Waals surface area contributed by atoms with Gasteiger partial charge in [0.25, 0.3) is 5.69 Å². The number of nitrogens with one attached hydrogen (secondary N) is 1. The van der Waals surface area contributed by atoms with Gasteiger partial charge in [-0.15, -0.1) is 0 Å². The standard InChI is InChI=1S/C19H20N2O6/c1-12-5-10-16(15(11-12)20-18(23)27-19(2,3)4)26-17(22)13-6-8-14(9-7-13)21(24)25/h5-11H,1-4H3,(H,20,23). The number of esters is 1. The summed E-state index contributed by atoms with van der Waals surface area (Å²) >= 11 is 0. The van der Waals surface area contributed by atoms with Crippen molar-refractivity contribution in [2.75, 3.05) is 5.32 Å². The van der Waals surface area contributed by atoms with Crippen LogP contribution in [0.2, 0.25) is 0 Å². The zero-order valence-electron chi connectivity index (χ0n) is 15.4. The molecule has 1 amide bonds. The third-order valence-corrected chi connectivity index (χ3v) is 3.29. The lowest BCUT2D eigenvalue weighted by molar-refractivity contribution is -0.384. The molecule has 2 rings (SSSR count). The SMILES string of the molecule is Cc1ccc(OC(=O)c2ccc([N+](=O)[O-])cc2)c(NC(=O)OC(C)(C)C)c1. The Labute approximate surface area is 156 Å². The number of non-ortho nitro benzene ring substituents is 1. The Hall–Kier alpha value is -3.42. The van der Waals surface area contributed by atoms with Gasteiger partial charge in [0, 0.05) is 12.1 Å². The summed E-state index contributed by atoms with van der Waals surface area (Å²) in [6.07, 6.45) is -0.680. The van der Waals surface area contributed by atoms with Gasteiger partial charge in [-0.2, -0.15) is 0 Å². The van der Waals surface area contributed by atoms with E-state index in [2.05, 4.69) is 5.32 Å². The summed E-state index contributed by atoms with van der Waals surface area (Å²) in [4.78, 5) is 34.5. The summed E-state index contributed by atoms with van der Waals surface area (Å²) in [5.74, 6) is -0.573. The molecule has 27 heavy (non-hydrogen) atoms. The van der Waals surface area contributed by atoms with E-state index in [1.165, 1.54) is 24.3 Å². The number of nitrogens with zero attached hydrogens (tertiary/aromatic N) is 1. The second kappa shape index (κ2) is 7.86. The van der Waals surface area contributed by atoms with Crippen molar-refractivity contribution in [3.05, 3.63) is 63.7 Å². The van der Waals surface area contributed by atoms with Crippen molar-refractivity contribution in [1.29, 1.82) is 0 Å². The lowest BCUT2D eigenvalue weighted by Crippen LogP contribution is -2.27. The highest BCUT2D eigenvalue weighted by atomic mass is 16.6. The fourth-order valence-corrected chi connectivity index (χ4v) is 2.12. The summed E-state index contributed by atoms with van der Waals surface area (Å²) in [5, 5.41) is 13.2. The summed E-state index contributed by atoms with van der Waals surface area (Å²) in [5.41, 5.74) is 0.456. The third kappa shape index (κ3) is 5.81. The molecule has 0 saturated carbocycles. The Bertz CT molecular complexity index is 869. The molecule has 0 aliphatic carbocycles. The molecular formula is C19H20N2O6. The van der Waals surface area contributed by atoms with E-state index in [0.29, 0.717) is 0 Å². The fraction of sp³-hybridized carbons (Fsp3) is 0.263. The molecule has 0 aliphatic rings. The minimum absolute atomic E-state index is 0.130. The lowest BCUT2D eigenvalue weighted by atomic mass is 10.2. The first-order valence-electron chi connectivity index (χ1n) is 8.12. The predicted molar refractivity (Wildman–Crippen MR) is 99.1 cm³/mol. The van der Waals surface area contributed by atoms with Gasteiger partial charge in [-0.25, -0.2) is 9.59 Å². The third-order valence-electron chi connectivity index (χ3n) is 3.29. The Balaban J connectivity index is 2.19. The van der Waals surface area contributed by atoms with Gasteiger partial charge in [-0.1, -0.05) is 6.07 Å². The molecule has 142 valence electrons. The summed E-state index contributed by atoms with van der Waals surface area (Å²) in [6.45, 7) is 7.03. The molecule has 8 nitrogen and oxygen atoms in total. The molecule has 0 unspecified atom stereocenters. The van der Waals surface area contributed by atoms with Crippen LogP contribution in [0.5, 0.6) is 5.75 Å². The lowest BCUT2D eigenvalue weighted by Gasteiger charge is -2.20. The highest BCUT2D eigenvalue weighted by molar-refractivity contribution is 5.93. The number of rotatable bonds is 4. The number of ether oxygens (including phenoxy) is 2. The Morgan fingerprint density at radius 1 is 1.07 bits per heavy atom. The van der Waals surface area contributed by atoms with Crippen LogP contribution in [0.4, 0.5) is 16.2 Å². The van der Waals surface area contributed by atoms with Gasteiger partial charge in [0.1, 0.15) is 5.60 Å². The van der Waals surface area contributed by atoms with Crippen LogP contribution in [0.15, 0.2) is 42.5 Å². The fourth-order valence-electron chi connectivity index (χ4n) is 2.12. The molecule has 2 aromatic carbocycles. The van der Waals surface area contributed by atoms with Crippen molar-refractivity contribution in [2.24, 2.45) is 0 Å². The smallest absolute Gasteiger partial charge is 0.412 e. The Morgan fingerprint density at radius 3 is 2.26 bits per heavy atom. The maximum absolute atomic E-state index is 12.3. The molecule has 0 fully saturated rings. The largest absolute Gasteiger partial charge is 0.444 e. The van der Waals surface area contributed by atoms with E-state index in [9.17, 15) is 19.7 Å². The van der Waals surface area contributed by atoms with Crippen molar-refractivity contribution < 1.29 is 24.0 Å². The van der Waals surface area contributed by atoms with Crippen molar-refractivity contribution in [2.45, 2.75) is 33.3 Å². The molecule has 0 atom stereocenters. The van der Waals surface area contributed by atoms with E-state index in [1.807, 2.05) is 6.92 Å². The van der Waals surface area contributed by atoms with Gasteiger partial charge >= 0.3 is 12.1 Å². The molecule has 0 aliphatic heterocycles. The van der Waals surface area contributed by atoms with Crippen LogP contribution >= 0.6 is 0 Å². The van der Waals surface area contributed by atoms with Gasteiger partial charge < -0.3 is 9.47 Å². The van der Waals surface area contributed by atoms with Crippen LogP contribution in [-0.2, 0) is 4.74 Å². The topological polar surface area (TPSA) is 108 Å². The number of hydrogen-bond acceptors (Lipinski definition) is 6. The van der Waals surface area contributed by atoms with E-state index in [1.54, 1.807) is 39.0 Å². The molecule has 1 N–H and O–H groups in total. The van der Waals surface area contributed by atoms with Gasteiger partial charge in [-0.05, 0) is 57.5 Å².